The van der Waals surface area contributed by atoms with Crippen LogP contribution in [0.4, 0.5) is 13.2 Å². The summed E-state index contributed by atoms with van der Waals surface area (Å²) in [5.41, 5.74) is 2.91. The number of aliphatic hydroxyl groups is 4. The highest BCUT2D eigenvalue weighted by Crippen LogP contribution is 2.40. The van der Waals surface area contributed by atoms with Crippen molar-refractivity contribution in [1.29, 1.82) is 0 Å². The van der Waals surface area contributed by atoms with Crippen LogP contribution >= 0.6 is 11.6 Å². The Morgan fingerprint density at radius 2 is 1.63 bits per heavy atom. The van der Waals surface area contributed by atoms with Gasteiger partial charge in [-0.2, -0.15) is 0 Å². The number of aryl methyl sites for hydroxylation is 1. The number of benzene rings is 2. The third-order valence-corrected chi connectivity index (χ3v) is 6.16. The molecule has 35 heavy (non-hydrogen) atoms. The number of ether oxygens (including phenoxy) is 3. The lowest BCUT2D eigenvalue weighted by Crippen LogP contribution is -2.55. The molecule has 1 aliphatic heterocycles. The molecule has 0 saturated carbocycles. The van der Waals surface area contributed by atoms with E-state index in [0.29, 0.717) is 12.0 Å². The topological polar surface area (TPSA) is 109 Å². The summed E-state index contributed by atoms with van der Waals surface area (Å²) in [5, 5.41) is 40.7. The van der Waals surface area contributed by atoms with Crippen molar-refractivity contribution in [2.75, 3.05) is 19.8 Å². The van der Waals surface area contributed by atoms with Gasteiger partial charge in [0, 0.05) is 10.6 Å². The van der Waals surface area contributed by atoms with Gasteiger partial charge in [0.1, 0.15) is 42.9 Å². The Bertz CT molecular complexity index is 969. The molecule has 5 atom stereocenters. The van der Waals surface area contributed by atoms with E-state index >= 15 is 0 Å². The first-order chi connectivity index (χ1) is 16.5. The number of hydrogen-bond donors (Lipinski definition) is 4. The minimum absolute atomic E-state index is 0.00943. The summed E-state index contributed by atoms with van der Waals surface area (Å²) in [4.78, 5) is 0. The molecule has 194 valence electrons. The predicted octanol–water partition coefficient (Wildman–Crippen LogP) is 2.92. The van der Waals surface area contributed by atoms with Crippen LogP contribution in [0, 0.1) is 0 Å². The Morgan fingerprint density at radius 1 is 0.971 bits per heavy atom. The maximum absolute atomic E-state index is 12.3. The van der Waals surface area contributed by atoms with Crippen LogP contribution in [0.25, 0.3) is 0 Å². The van der Waals surface area contributed by atoms with Gasteiger partial charge in [-0.25, -0.2) is 0 Å². The van der Waals surface area contributed by atoms with Crippen LogP contribution in [-0.2, 0) is 22.3 Å². The van der Waals surface area contributed by atoms with Crippen molar-refractivity contribution in [2.24, 2.45) is 0 Å². The lowest BCUT2D eigenvalue weighted by Gasteiger charge is -2.40. The first-order valence-corrected chi connectivity index (χ1v) is 11.5. The maximum Gasteiger partial charge on any atom is 0.522 e. The van der Waals surface area contributed by atoms with Gasteiger partial charge in [-0.15, -0.1) is 13.2 Å². The van der Waals surface area contributed by atoms with Gasteiger partial charge in [-0.3, -0.25) is 4.74 Å². The monoisotopic (exact) mass is 520 g/mol. The molecule has 1 saturated heterocycles. The van der Waals surface area contributed by atoms with Gasteiger partial charge in [-0.1, -0.05) is 42.8 Å². The molecule has 0 amide bonds. The summed E-state index contributed by atoms with van der Waals surface area (Å²) >= 11 is 6.45. The van der Waals surface area contributed by atoms with Crippen LogP contribution in [0.15, 0.2) is 36.4 Å². The Hall–Kier alpha value is -1.92. The minimum atomic E-state index is -4.82. The number of aliphatic hydroxyl groups excluding tert-OH is 4. The Morgan fingerprint density at radius 3 is 2.23 bits per heavy atom. The third-order valence-electron chi connectivity index (χ3n) is 5.81. The van der Waals surface area contributed by atoms with Crippen molar-refractivity contribution < 1.29 is 47.8 Å². The van der Waals surface area contributed by atoms with Crippen molar-refractivity contribution in [1.82, 2.24) is 0 Å². The van der Waals surface area contributed by atoms with Crippen LogP contribution in [-0.4, -0.2) is 71.0 Å². The highest BCUT2D eigenvalue weighted by Gasteiger charge is 2.45. The Kier molecular flexibility index (Phi) is 9.39. The summed E-state index contributed by atoms with van der Waals surface area (Å²) in [5.74, 6) is 0.00943. The summed E-state index contributed by atoms with van der Waals surface area (Å²) in [7, 11) is 0. The van der Waals surface area contributed by atoms with Crippen molar-refractivity contribution >= 4 is 11.6 Å². The highest BCUT2D eigenvalue weighted by atomic mass is 35.5. The fraction of sp³-hybridized carbons (Fsp3) is 0.500. The second-order valence-corrected chi connectivity index (χ2v) is 8.63. The highest BCUT2D eigenvalue weighted by molar-refractivity contribution is 6.31. The smallest absolute Gasteiger partial charge is 0.491 e. The molecule has 1 heterocycles. The van der Waals surface area contributed by atoms with Gasteiger partial charge < -0.3 is 29.9 Å². The van der Waals surface area contributed by atoms with Crippen LogP contribution in [0.1, 0.15) is 35.3 Å². The lowest BCUT2D eigenvalue weighted by molar-refractivity contribution is -0.325. The quantitative estimate of drug-likeness (QED) is 0.376. The fourth-order valence-electron chi connectivity index (χ4n) is 3.88. The average molecular weight is 521 g/mol. The van der Waals surface area contributed by atoms with Crippen molar-refractivity contribution in [3.63, 3.8) is 0 Å². The predicted molar refractivity (Wildman–Crippen MR) is 120 cm³/mol. The normalized spacial score (nSPS) is 25.0. The van der Waals surface area contributed by atoms with E-state index in [-0.39, 0.29) is 16.3 Å². The molecule has 1 aliphatic rings. The van der Waals surface area contributed by atoms with E-state index in [1.165, 1.54) is 6.07 Å². The second-order valence-electron chi connectivity index (χ2n) is 8.22. The van der Waals surface area contributed by atoms with Crippen LogP contribution in [0.5, 0.6) is 5.75 Å². The van der Waals surface area contributed by atoms with Gasteiger partial charge in [0.2, 0.25) is 0 Å². The molecule has 3 rings (SSSR count). The summed E-state index contributed by atoms with van der Waals surface area (Å²) in [6.45, 7) is 0.122. The summed E-state index contributed by atoms with van der Waals surface area (Å²) < 4.78 is 51.8. The molecular weight excluding hydrogens is 493 g/mol. The van der Waals surface area contributed by atoms with Crippen LogP contribution in [0.3, 0.4) is 0 Å². The summed E-state index contributed by atoms with van der Waals surface area (Å²) in [6.07, 6.45) is -10.8. The molecule has 0 bridgehead atoms. The molecule has 0 radical (unpaired) electrons. The number of halogens is 4. The zero-order valence-electron chi connectivity index (χ0n) is 18.9. The van der Waals surface area contributed by atoms with Crippen LogP contribution < -0.4 is 4.74 Å². The Labute approximate surface area is 205 Å². The first kappa shape index (κ1) is 27.7. The van der Waals surface area contributed by atoms with E-state index in [2.05, 4.69) is 4.74 Å². The zero-order chi connectivity index (χ0) is 25.8. The van der Waals surface area contributed by atoms with Crippen LogP contribution in [0.2, 0.25) is 5.02 Å². The van der Waals surface area contributed by atoms with Crippen molar-refractivity contribution in [2.45, 2.75) is 56.6 Å². The van der Waals surface area contributed by atoms with Gasteiger partial charge in [0.15, 0.2) is 0 Å². The Balaban J connectivity index is 1.93. The number of alkyl halides is 3. The van der Waals surface area contributed by atoms with Gasteiger partial charge in [-0.05, 0) is 41.7 Å². The van der Waals surface area contributed by atoms with E-state index in [1.54, 1.807) is 6.07 Å². The zero-order valence-corrected chi connectivity index (χ0v) is 19.7. The molecule has 0 spiro atoms. The molecule has 0 aromatic heterocycles. The van der Waals surface area contributed by atoms with E-state index < -0.39 is 56.7 Å². The summed E-state index contributed by atoms with van der Waals surface area (Å²) in [6, 6.07) is 10.8. The second kappa shape index (κ2) is 11.9. The molecule has 4 N–H and O–H groups in total. The average Bonchev–Trinajstić information content (AvgIpc) is 2.82. The van der Waals surface area contributed by atoms with Crippen molar-refractivity contribution in [3.8, 4) is 5.75 Å². The molecule has 2 aromatic carbocycles. The van der Waals surface area contributed by atoms with E-state index in [4.69, 9.17) is 21.1 Å². The van der Waals surface area contributed by atoms with Gasteiger partial charge in [0.25, 0.3) is 0 Å². The molecule has 2 aromatic rings. The van der Waals surface area contributed by atoms with E-state index in [1.807, 2.05) is 31.2 Å². The van der Waals surface area contributed by atoms with E-state index in [9.17, 15) is 33.6 Å². The lowest BCUT2D eigenvalue weighted by atomic mass is 9.89. The fourth-order valence-corrected chi connectivity index (χ4v) is 4.10. The van der Waals surface area contributed by atoms with Gasteiger partial charge in [0.05, 0.1) is 13.2 Å². The molecule has 11 heteroatoms. The molecule has 1 fully saturated rings. The number of rotatable bonds is 9. The van der Waals surface area contributed by atoms with Crippen molar-refractivity contribution in [3.05, 3.63) is 63.7 Å². The minimum Gasteiger partial charge on any atom is -0.491 e. The standard InChI is InChI=1S/C24H28ClF3O7/c1-2-13-3-5-14(6-4-13)9-15-10-16(23-22(32)21(31)20(30)19(12-29)35-23)18(11-17(15)25)33-7-8-34-24(26,27)28/h3-6,10-11,19-23,29-32H,2,7-9,12H2,1H3/t19-,20-,21+,22-,23+/m1/s1. The van der Waals surface area contributed by atoms with E-state index in [0.717, 1.165) is 17.5 Å². The molecule has 7 nitrogen and oxygen atoms in total. The largest absolute Gasteiger partial charge is 0.522 e. The first-order valence-electron chi connectivity index (χ1n) is 11.1. The molecule has 0 unspecified atom stereocenters. The molecular formula is C24H28ClF3O7. The third kappa shape index (κ3) is 7.07. The molecule has 0 aliphatic carbocycles. The SMILES string of the molecule is CCc1ccc(Cc2cc([C@@H]3O[C@H](CO)[C@@H](O)[C@H](O)[C@H]3O)c(OCCOC(F)(F)F)cc2Cl)cc1. The van der Waals surface area contributed by atoms with Gasteiger partial charge >= 0.3 is 6.36 Å². The number of hydrogen-bond acceptors (Lipinski definition) is 7. The maximum atomic E-state index is 12.3.